The van der Waals surface area contributed by atoms with Crippen LogP contribution in [0.5, 0.6) is 5.75 Å². The predicted octanol–water partition coefficient (Wildman–Crippen LogP) is 2.94. The van der Waals surface area contributed by atoms with Gasteiger partial charge in [-0.2, -0.15) is 0 Å². The Bertz CT molecular complexity index is 485. The van der Waals surface area contributed by atoms with Gasteiger partial charge in [-0.05, 0) is 45.7 Å². The molecule has 1 fully saturated rings. The molecule has 1 aromatic rings. The van der Waals surface area contributed by atoms with Crippen LogP contribution in [0.3, 0.4) is 0 Å². The summed E-state index contributed by atoms with van der Waals surface area (Å²) in [4.78, 5) is 10.6. The maximum atomic E-state index is 11.0. The minimum atomic E-state index is -0.410. The minimum Gasteiger partial charge on any atom is -0.487 e. The Balaban J connectivity index is 2.03. The molecule has 6 nitrogen and oxygen atoms in total. The topological polar surface area (TPSA) is 76.4 Å². The number of hydrogen-bond acceptors (Lipinski definition) is 5. The van der Waals surface area contributed by atoms with E-state index in [9.17, 15) is 10.1 Å². The molecule has 1 saturated carbocycles. The van der Waals surface area contributed by atoms with Gasteiger partial charge in [0.05, 0.1) is 11.5 Å². The van der Waals surface area contributed by atoms with Crippen LogP contribution in [0.15, 0.2) is 18.2 Å². The Morgan fingerprint density at radius 1 is 1.29 bits per heavy atom. The molecule has 21 heavy (non-hydrogen) atoms. The molecular formula is C15H23N3O3. The smallest absolute Gasteiger partial charge is 0.311 e. The predicted molar refractivity (Wildman–Crippen MR) is 83.0 cm³/mol. The molecule has 2 N–H and O–H groups in total. The van der Waals surface area contributed by atoms with Gasteiger partial charge in [-0.25, -0.2) is 0 Å². The van der Waals surface area contributed by atoms with Crippen LogP contribution in [0.2, 0.25) is 0 Å². The van der Waals surface area contributed by atoms with Crippen molar-refractivity contribution < 1.29 is 9.66 Å². The molecule has 0 spiro atoms. The number of anilines is 1. The molecule has 0 saturated heterocycles. The quantitative estimate of drug-likeness (QED) is 0.623. The van der Waals surface area contributed by atoms with E-state index in [4.69, 9.17) is 4.74 Å². The summed E-state index contributed by atoms with van der Waals surface area (Å²) in [6, 6.07) is 6.02. The van der Waals surface area contributed by atoms with Gasteiger partial charge in [-0.1, -0.05) is 0 Å². The van der Waals surface area contributed by atoms with E-state index in [1.807, 2.05) is 14.0 Å². The molecule has 1 aliphatic carbocycles. The van der Waals surface area contributed by atoms with E-state index in [2.05, 4.69) is 10.6 Å². The molecular weight excluding hydrogens is 270 g/mol. The second-order valence-corrected chi connectivity index (χ2v) is 5.35. The van der Waals surface area contributed by atoms with Gasteiger partial charge in [0, 0.05) is 29.9 Å². The van der Waals surface area contributed by atoms with E-state index >= 15 is 0 Å². The van der Waals surface area contributed by atoms with E-state index < -0.39 is 4.92 Å². The number of nitrogens with zero attached hydrogens (tertiary/aromatic N) is 1. The van der Waals surface area contributed by atoms with Gasteiger partial charge in [0.15, 0.2) is 5.75 Å². The van der Waals surface area contributed by atoms with Crippen LogP contribution >= 0.6 is 0 Å². The average Bonchev–Trinajstić information content (AvgIpc) is 2.48. The first-order valence-corrected chi connectivity index (χ1v) is 7.49. The zero-order valence-corrected chi connectivity index (χ0v) is 12.6. The van der Waals surface area contributed by atoms with Crippen molar-refractivity contribution in [3.63, 3.8) is 0 Å². The Hall–Kier alpha value is -1.82. The van der Waals surface area contributed by atoms with Gasteiger partial charge in [0.2, 0.25) is 0 Å². The molecule has 0 aromatic heterocycles. The summed E-state index contributed by atoms with van der Waals surface area (Å²) in [6.45, 7) is 2.24. The second kappa shape index (κ2) is 7.26. The molecule has 1 aliphatic rings. The number of nitrogens with one attached hydrogen (secondary N) is 2. The van der Waals surface area contributed by atoms with Crippen molar-refractivity contribution in [2.24, 2.45) is 0 Å². The van der Waals surface area contributed by atoms with Crippen molar-refractivity contribution in [1.29, 1.82) is 0 Å². The lowest BCUT2D eigenvalue weighted by Gasteiger charge is -2.29. The standard InChI is InChI=1S/C15H23N3O3/c1-3-21-15-10-13(8-9-14(15)18(19)20)17-12-6-4-11(16-2)5-7-12/h8-12,16-17H,3-7H2,1-2H3. The highest BCUT2D eigenvalue weighted by Gasteiger charge is 2.21. The molecule has 0 unspecified atom stereocenters. The van der Waals surface area contributed by atoms with Crippen molar-refractivity contribution in [3.8, 4) is 5.75 Å². The zero-order chi connectivity index (χ0) is 15.2. The summed E-state index contributed by atoms with van der Waals surface area (Å²) in [5.41, 5.74) is 0.901. The Morgan fingerprint density at radius 2 is 1.95 bits per heavy atom. The van der Waals surface area contributed by atoms with Crippen molar-refractivity contribution in [3.05, 3.63) is 28.3 Å². The first kappa shape index (κ1) is 15.6. The molecule has 6 heteroatoms. The third-order valence-corrected chi connectivity index (χ3v) is 3.96. The van der Waals surface area contributed by atoms with Crippen LogP contribution in [0, 0.1) is 10.1 Å². The van der Waals surface area contributed by atoms with E-state index in [0.29, 0.717) is 24.4 Å². The molecule has 0 heterocycles. The second-order valence-electron chi connectivity index (χ2n) is 5.35. The highest BCUT2D eigenvalue weighted by Crippen LogP contribution is 2.31. The van der Waals surface area contributed by atoms with E-state index in [1.165, 1.54) is 6.07 Å². The molecule has 0 atom stereocenters. The van der Waals surface area contributed by atoms with E-state index in [1.54, 1.807) is 12.1 Å². The van der Waals surface area contributed by atoms with E-state index in [-0.39, 0.29) is 5.69 Å². The van der Waals surface area contributed by atoms with Crippen molar-refractivity contribution >= 4 is 11.4 Å². The fourth-order valence-electron chi connectivity index (χ4n) is 2.79. The van der Waals surface area contributed by atoms with Gasteiger partial charge in [0.1, 0.15) is 0 Å². The average molecular weight is 293 g/mol. The first-order chi connectivity index (χ1) is 10.1. The summed E-state index contributed by atoms with van der Waals surface area (Å²) < 4.78 is 5.37. The Kier molecular flexibility index (Phi) is 5.38. The van der Waals surface area contributed by atoms with Gasteiger partial charge >= 0.3 is 5.69 Å². The lowest BCUT2D eigenvalue weighted by Crippen LogP contribution is -2.34. The number of hydrogen-bond donors (Lipinski definition) is 2. The van der Waals surface area contributed by atoms with Crippen molar-refractivity contribution in [2.75, 3.05) is 19.0 Å². The fourth-order valence-corrected chi connectivity index (χ4v) is 2.79. The van der Waals surface area contributed by atoms with Crippen LogP contribution < -0.4 is 15.4 Å². The fraction of sp³-hybridized carbons (Fsp3) is 0.600. The summed E-state index contributed by atoms with van der Waals surface area (Å²) in [5, 5.41) is 17.7. The number of benzene rings is 1. The van der Waals surface area contributed by atoms with Gasteiger partial charge in [-0.3, -0.25) is 10.1 Å². The van der Waals surface area contributed by atoms with Crippen LogP contribution in [-0.4, -0.2) is 30.7 Å². The number of ether oxygens (including phenoxy) is 1. The summed E-state index contributed by atoms with van der Waals surface area (Å²) >= 11 is 0. The Labute approximate surface area is 125 Å². The van der Waals surface area contributed by atoms with Crippen LogP contribution in [0.25, 0.3) is 0 Å². The summed E-state index contributed by atoms with van der Waals surface area (Å²) in [5.74, 6) is 0.330. The molecule has 0 radical (unpaired) electrons. The van der Waals surface area contributed by atoms with Crippen LogP contribution in [0.1, 0.15) is 32.6 Å². The van der Waals surface area contributed by atoms with Crippen LogP contribution in [-0.2, 0) is 0 Å². The maximum Gasteiger partial charge on any atom is 0.311 e. The number of nitro benzene ring substituents is 1. The normalized spacial score (nSPS) is 21.8. The molecule has 0 bridgehead atoms. The summed E-state index contributed by atoms with van der Waals surface area (Å²) in [6.07, 6.45) is 4.51. The third-order valence-electron chi connectivity index (χ3n) is 3.96. The largest absolute Gasteiger partial charge is 0.487 e. The number of rotatable bonds is 6. The highest BCUT2D eigenvalue weighted by molar-refractivity contribution is 5.58. The number of nitro groups is 1. The van der Waals surface area contributed by atoms with Gasteiger partial charge in [-0.15, -0.1) is 0 Å². The summed E-state index contributed by atoms with van der Waals surface area (Å²) in [7, 11) is 2.00. The highest BCUT2D eigenvalue weighted by atomic mass is 16.6. The monoisotopic (exact) mass is 293 g/mol. The zero-order valence-electron chi connectivity index (χ0n) is 12.6. The third kappa shape index (κ3) is 4.07. The lowest BCUT2D eigenvalue weighted by atomic mass is 9.91. The molecule has 0 amide bonds. The SMILES string of the molecule is CCOc1cc(NC2CCC(NC)CC2)ccc1[N+](=O)[O-]. The first-order valence-electron chi connectivity index (χ1n) is 7.49. The van der Waals surface area contributed by atoms with Crippen LogP contribution in [0.4, 0.5) is 11.4 Å². The van der Waals surface area contributed by atoms with Gasteiger partial charge < -0.3 is 15.4 Å². The molecule has 2 rings (SSSR count). The maximum absolute atomic E-state index is 11.0. The van der Waals surface area contributed by atoms with Crippen molar-refractivity contribution in [1.82, 2.24) is 5.32 Å². The van der Waals surface area contributed by atoms with Gasteiger partial charge in [0.25, 0.3) is 0 Å². The molecule has 116 valence electrons. The minimum absolute atomic E-state index is 0.0151. The lowest BCUT2D eigenvalue weighted by molar-refractivity contribution is -0.385. The van der Waals surface area contributed by atoms with E-state index in [0.717, 1.165) is 31.4 Å². The molecule has 0 aliphatic heterocycles. The Morgan fingerprint density at radius 3 is 2.52 bits per heavy atom. The van der Waals surface area contributed by atoms with Crippen molar-refractivity contribution in [2.45, 2.75) is 44.7 Å². The molecule has 1 aromatic carbocycles.